The molecule has 4 nitrogen and oxygen atoms in total. The Morgan fingerprint density at radius 3 is 2.57 bits per heavy atom. The molecule has 21 heavy (non-hydrogen) atoms. The van der Waals surface area contributed by atoms with Crippen molar-refractivity contribution in [3.8, 4) is 0 Å². The number of carbonyl (C=O) groups is 1. The van der Waals surface area contributed by atoms with Gasteiger partial charge in [-0.3, -0.25) is 0 Å². The van der Waals surface area contributed by atoms with Crippen LogP contribution in [-0.2, 0) is 0 Å². The average molecular weight is 286 g/mol. The predicted molar refractivity (Wildman–Crippen MR) is 85.9 cm³/mol. The van der Waals surface area contributed by atoms with E-state index in [-0.39, 0.29) is 11.6 Å². The summed E-state index contributed by atoms with van der Waals surface area (Å²) in [5.74, 6) is 0.00742. The van der Waals surface area contributed by atoms with Gasteiger partial charge < -0.3 is 10.4 Å². The zero-order chi connectivity index (χ0) is 15.4. The van der Waals surface area contributed by atoms with Gasteiger partial charge in [-0.15, -0.1) is 0 Å². The van der Waals surface area contributed by atoms with Gasteiger partial charge in [0.05, 0.1) is 5.52 Å². The number of rotatable bonds is 6. The Morgan fingerprint density at radius 1 is 1.29 bits per heavy atom. The summed E-state index contributed by atoms with van der Waals surface area (Å²) in [5.41, 5.74) is 1.04. The van der Waals surface area contributed by atoms with Crippen molar-refractivity contribution in [1.29, 1.82) is 0 Å². The molecule has 1 aromatic carbocycles. The second kappa shape index (κ2) is 6.57. The topological polar surface area (TPSA) is 62.2 Å². The Balaban J connectivity index is 2.41. The number of para-hydroxylation sites is 1. The molecule has 0 saturated heterocycles. The van der Waals surface area contributed by atoms with Crippen molar-refractivity contribution in [3.63, 3.8) is 0 Å². The number of benzene rings is 1. The summed E-state index contributed by atoms with van der Waals surface area (Å²) in [5, 5.41) is 13.5. The van der Waals surface area contributed by atoms with Gasteiger partial charge >= 0.3 is 5.97 Å². The van der Waals surface area contributed by atoms with Crippen molar-refractivity contribution >= 4 is 22.7 Å². The van der Waals surface area contributed by atoms with Crippen LogP contribution in [0.2, 0.25) is 0 Å². The number of anilines is 1. The highest BCUT2D eigenvalue weighted by atomic mass is 16.4. The van der Waals surface area contributed by atoms with Gasteiger partial charge in [0, 0.05) is 11.4 Å². The molecule has 0 amide bonds. The van der Waals surface area contributed by atoms with Crippen LogP contribution in [-0.4, -0.2) is 22.1 Å². The standard InChI is InChI=1S/C17H22N2O2/c1-4-12(5-2)11(3)18-16-14(17(20)21)10-13-8-6-7-9-15(13)19-16/h6-12H,4-5H2,1-3H3,(H,18,19)(H,20,21). The number of carboxylic acids is 1. The van der Waals surface area contributed by atoms with Crippen LogP contribution in [0.15, 0.2) is 30.3 Å². The number of nitrogens with zero attached hydrogens (tertiary/aromatic N) is 1. The number of hydrogen-bond acceptors (Lipinski definition) is 3. The normalized spacial score (nSPS) is 12.6. The zero-order valence-electron chi connectivity index (χ0n) is 12.8. The highest BCUT2D eigenvalue weighted by molar-refractivity contribution is 5.98. The highest BCUT2D eigenvalue weighted by Gasteiger charge is 2.18. The van der Waals surface area contributed by atoms with Crippen molar-refractivity contribution in [2.75, 3.05) is 5.32 Å². The smallest absolute Gasteiger partial charge is 0.339 e. The molecule has 0 saturated carbocycles. The van der Waals surface area contributed by atoms with Crippen LogP contribution in [0.5, 0.6) is 0 Å². The van der Waals surface area contributed by atoms with Gasteiger partial charge in [0.1, 0.15) is 11.4 Å². The summed E-state index contributed by atoms with van der Waals surface area (Å²) in [6.07, 6.45) is 2.11. The molecule has 1 aromatic heterocycles. The second-order valence-electron chi connectivity index (χ2n) is 5.39. The third-order valence-electron chi connectivity index (χ3n) is 4.07. The summed E-state index contributed by atoms with van der Waals surface area (Å²) in [6, 6.07) is 9.44. The lowest BCUT2D eigenvalue weighted by atomic mass is 9.95. The van der Waals surface area contributed by atoms with Gasteiger partial charge in [-0.2, -0.15) is 0 Å². The first-order chi connectivity index (χ1) is 10.1. The minimum absolute atomic E-state index is 0.187. The average Bonchev–Trinajstić information content (AvgIpc) is 2.47. The van der Waals surface area contributed by atoms with Crippen molar-refractivity contribution in [3.05, 3.63) is 35.9 Å². The Bertz CT molecular complexity index is 636. The SMILES string of the molecule is CCC(CC)C(C)Nc1nc2ccccc2cc1C(=O)O. The maximum absolute atomic E-state index is 11.5. The third kappa shape index (κ3) is 3.32. The quantitative estimate of drug-likeness (QED) is 0.836. The molecule has 112 valence electrons. The van der Waals surface area contributed by atoms with E-state index < -0.39 is 5.97 Å². The molecule has 4 heteroatoms. The van der Waals surface area contributed by atoms with Crippen LogP contribution in [0.1, 0.15) is 44.0 Å². The monoisotopic (exact) mass is 286 g/mol. The van der Waals surface area contributed by atoms with Gasteiger partial charge in [0.15, 0.2) is 0 Å². The zero-order valence-corrected chi connectivity index (χ0v) is 12.8. The number of pyridine rings is 1. The first-order valence-electron chi connectivity index (χ1n) is 7.46. The highest BCUT2D eigenvalue weighted by Crippen LogP contribution is 2.23. The van der Waals surface area contributed by atoms with Crippen LogP contribution >= 0.6 is 0 Å². The number of nitrogens with one attached hydrogen (secondary N) is 1. The first kappa shape index (κ1) is 15.3. The van der Waals surface area contributed by atoms with E-state index in [0.29, 0.717) is 11.7 Å². The molecule has 0 aliphatic heterocycles. The van der Waals surface area contributed by atoms with Crippen molar-refractivity contribution < 1.29 is 9.90 Å². The molecule has 2 aromatic rings. The summed E-state index contributed by atoms with van der Waals surface area (Å²) in [4.78, 5) is 16.0. The van der Waals surface area contributed by atoms with Crippen LogP contribution in [0.3, 0.4) is 0 Å². The number of aromatic nitrogens is 1. The number of aromatic carboxylic acids is 1. The molecule has 1 atom stereocenters. The molecule has 0 bridgehead atoms. The maximum atomic E-state index is 11.5. The van der Waals surface area contributed by atoms with Crippen LogP contribution < -0.4 is 5.32 Å². The summed E-state index contributed by atoms with van der Waals surface area (Å²) >= 11 is 0. The first-order valence-corrected chi connectivity index (χ1v) is 7.46. The van der Waals surface area contributed by atoms with Crippen molar-refractivity contribution in [2.45, 2.75) is 39.7 Å². The fourth-order valence-corrected chi connectivity index (χ4v) is 2.72. The molecule has 0 spiro atoms. The minimum Gasteiger partial charge on any atom is -0.478 e. The molecular weight excluding hydrogens is 264 g/mol. The fourth-order valence-electron chi connectivity index (χ4n) is 2.72. The van der Waals surface area contributed by atoms with E-state index in [1.54, 1.807) is 6.07 Å². The van der Waals surface area contributed by atoms with E-state index in [4.69, 9.17) is 0 Å². The second-order valence-corrected chi connectivity index (χ2v) is 5.39. The fraction of sp³-hybridized carbons (Fsp3) is 0.412. The predicted octanol–water partition coefficient (Wildman–Crippen LogP) is 4.17. The van der Waals surface area contributed by atoms with Gasteiger partial charge in [-0.1, -0.05) is 44.9 Å². The van der Waals surface area contributed by atoms with Crippen LogP contribution in [0.25, 0.3) is 10.9 Å². The Labute approximate surface area is 125 Å². The number of hydrogen-bond donors (Lipinski definition) is 2. The van der Waals surface area contributed by atoms with Crippen molar-refractivity contribution in [1.82, 2.24) is 4.98 Å². The minimum atomic E-state index is -0.951. The maximum Gasteiger partial charge on any atom is 0.339 e. The Morgan fingerprint density at radius 2 is 1.95 bits per heavy atom. The number of carboxylic acid groups (broad SMARTS) is 1. The van der Waals surface area contributed by atoms with Crippen LogP contribution in [0, 0.1) is 5.92 Å². The summed E-state index contributed by atoms with van der Waals surface area (Å²) in [6.45, 7) is 6.39. The van der Waals surface area contributed by atoms with Gasteiger partial charge in [-0.25, -0.2) is 9.78 Å². The molecule has 1 heterocycles. The molecule has 2 rings (SSSR count). The lowest BCUT2D eigenvalue weighted by Gasteiger charge is -2.24. The molecule has 0 fully saturated rings. The molecule has 0 aliphatic rings. The van der Waals surface area contributed by atoms with E-state index >= 15 is 0 Å². The Hall–Kier alpha value is -2.10. The van der Waals surface area contributed by atoms with Crippen LogP contribution in [0.4, 0.5) is 5.82 Å². The lowest BCUT2D eigenvalue weighted by Crippen LogP contribution is -2.26. The molecule has 0 radical (unpaired) electrons. The molecular formula is C17H22N2O2. The third-order valence-corrected chi connectivity index (χ3v) is 4.07. The van der Waals surface area contributed by atoms with Gasteiger partial charge in [-0.05, 0) is 25.0 Å². The largest absolute Gasteiger partial charge is 0.478 e. The lowest BCUT2D eigenvalue weighted by molar-refractivity contribution is 0.0697. The van der Waals surface area contributed by atoms with E-state index in [1.165, 1.54) is 0 Å². The van der Waals surface area contributed by atoms with E-state index in [9.17, 15) is 9.90 Å². The molecule has 0 aliphatic carbocycles. The number of fused-ring (bicyclic) bond motifs is 1. The Kier molecular flexibility index (Phi) is 4.78. The van der Waals surface area contributed by atoms with Crippen molar-refractivity contribution in [2.24, 2.45) is 5.92 Å². The van der Waals surface area contributed by atoms with E-state index in [1.807, 2.05) is 24.3 Å². The van der Waals surface area contributed by atoms with E-state index in [2.05, 4.69) is 31.1 Å². The molecule has 1 unspecified atom stereocenters. The van der Waals surface area contributed by atoms with Gasteiger partial charge in [0.25, 0.3) is 0 Å². The molecule has 2 N–H and O–H groups in total. The summed E-state index contributed by atoms with van der Waals surface area (Å²) in [7, 11) is 0. The van der Waals surface area contributed by atoms with E-state index in [0.717, 1.165) is 23.7 Å². The summed E-state index contributed by atoms with van der Waals surface area (Å²) < 4.78 is 0. The van der Waals surface area contributed by atoms with Gasteiger partial charge in [0.2, 0.25) is 0 Å².